The molecule has 0 aromatic heterocycles. The van der Waals surface area contributed by atoms with E-state index in [0.717, 1.165) is 22.5 Å². The van der Waals surface area contributed by atoms with E-state index >= 15 is 0 Å². The Labute approximate surface area is 168 Å². The van der Waals surface area contributed by atoms with Crippen LogP contribution in [0.4, 0.5) is 11.4 Å². The number of anilines is 2. The molecule has 1 amide bonds. The summed E-state index contributed by atoms with van der Waals surface area (Å²) in [4.78, 5) is 17.2. The summed E-state index contributed by atoms with van der Waals surface area (Å²) in [7, 11) is 1.63. The van der Waals surface area contributed by atoms with Crippen LogP contribution in [-0.4, -0.2) is 19.7 Å². The van der Waals surface area contributed by atoms with Crippen LogP contribution in [0.1, 0.15) is 40.3 Å². The molecule has 1 aliphatic heterocycles. The summed E-state index contributed by atoms with van der Waals surface area (Å²) in [5.74, 6) is 0.615. The predicted octanol–water partition coefficient (Wildman–Crippen LogP) is 5.23. The lowest BCUT2D eigenvalue weighted by molar-refractivity contribution is -0.115. The summed E-state index contributed by atoms with van der Waals surface area (Å²) in [5, 5.41) is 0. The molecular formula is C24H30N2O2. The van der Waals surface area contributed by atoms with Crippen molar-refractivity contribution in [1.29, 1.82) is 0 Å². The zero-order valence-electron chi connectivity index (χ0n) is 18.2. The van der Waals surface area contributed by atoms with E-state index in [-0.39, 0.29) is 5.91 Å². The third-order valence-corrected chi connectivity index (χ3v) is 5.42. The molecule has 4 nitrogen and oxygen atoms in total. The minimum absolute atomic E-state index is 0.00873. The van der Waals surface area contributed by atoms with Gasteiger partial charge in [0, 0.05) is 0 Å². The van der Waals surface area contributed by atoms with Gasteiger partial charge in [0.2, 0.25) is 5.88 Å². The number of hydrogen-bond acceptors (Lipinski definition) is 3. The van der Waals surface area contributed by atoms with Crippen LogP contribution in [0, 0.1) is 41.5 Å². The summed E-state index contributed by atoms with van der Waals surface area (Å²) in [6.45, 7) is 14.8. The van der Waals surface area contributed by atoms with Gasteiger partial charge >= 0.3 is 0 Å². The van der Waals surface area contributed by atoms with Gasteiger partial charge in [0.25, 0.3) is 5.91 Å². The van der Waals surface area contributed by atoms with Gasteiger partial charge in [-0.25, -0.2) is 0 Å². The van der Waals surface area contributed by atoms with Crippen molar-refractivity contribution in [1.82, 2.24) is 0 Å². The summed E-state index contributed by atoms with van der Waals surface area (Å²) in [5.41, 5.74) is 9.70. The SMILES string of the molecule is COC1=C(C)C(=O)N(c2c(C)cc(C)cc2C)CN1c1c(C)cc(C)cc1C. The molecule has 28 heavy (non-hydrogen) atoms. The number of benzene rings is 2. The number of ether oxygens (including phenoxy) is 1. The smallest absolute Gasteiger partial charge is 0.260 e. The van der Waals surface area contributed by atoms with E-state index in [2.05, 4.69) is 70.7 Å². The van der Waals surface area contributed by atoms with Gasteiger partial charge in [0.15, 0.2) is 0 Å². The Kier molecular flexibility index (Phi) is 5.24. The molecule has 0 fully saturated rings. The molecule has 1 aliphatic rings. The van der Waals surface area contributed by atoms with Crippen LogP contribution in [0.15, 0.2) is 35.7 Å². The van der Waals surface area contributed by atoms with Crippen molar-refractivity contribution in [2.75, 3.05) is 23.6 Å². The molecule has 2 aromatic rings. The molecule has 0 unspecified atom stereocenters. The number of aryl methyl sites for hydroxylation is 6. The fourth-order valence-electron chi connectivity index (χ4n) is 4.57. The van der Waals surface area contributed by atoms with Gasteiger partial charge in [-0.05, 0) is 70.7 Å². The first-order valence-electron chi connectivity index (χ1n) is 9.65. The van der Waals surface area contributed by atoms with Crippen molar-refractivity contribution in [3.8, 4) is 0 Å². The van der Waals surface area contributed by atoms with E-state index < -0.39 is 0 Å². The van der Waals surface area contributed by atoms with Crippen LogP contribution < -0.4 is 9.80 Å². The van der Waals surface area contributed by atoms with Crippen LogP contribution in [0.5, 0.6) is 0 Å². The van der Waals surface area contributed by atoms with E-state index in [1.54, 1.807) is 7.11 Å². The molecular weight excluding hydrogens is 348 g/mol. The molecule has 0 aliphatic carbocycles. The van der Waals surface area contributed by atoms with Gasteiger partial charge < -0.3 is 4.74 Å². The van der Waals surface area contributed by atoms with E-state index in [0.29, 0.717) is 18.1 Å². The maximum Gasteiger partial charge on any atom is 0.260 e. The molecule has 0 radical (unpaired) electrons. The molecule has 148 valence electrons. The van der Waals surface area contributed by atoms with E-state index in [1.807, 2.05) is 11.8 Å². The van der Waals surface area contributed by atoms with E-state index in [9.17, 15) is 4.79 Å². The molecule has 2 aromatic carbocycles. The van der Waals surface area contributed by atoms with Gasteiger partial charge in [-0.2, -0.15) is 0 Å². The molecule has 0 saturated heterocycles. The monoisotopic (exact) mass is 378 g/mol. The summed E-state index contributed by atoms with van der Waals surface area (Å²) < 4.78 is 5.70. The zero-order chi connectivity index (χ0) is 20.7. The predicted molar refractivity (Wildman–Crippen MR) is 116 cm³/mol. The Morgan fingerprint density at radius 2 is 1.11 bits per heavy atom. The van der Waals surface area contributed by atoms with E-state index in [4.69, 9.17) is 4.74 Å². The second kappa shape index (κ2) is 7.34. The van der Waals surface area contributed by atoms with Crippen LogP contribution >= 0.6 is 0 Å². The maximum absolute atomic E-state index is 13.2. The standard InChI is InChI=1S/C24H30N2O2/c1-14-9-16(3)21(17(4)10-14)25-13-26(24(28-8)20(7)23(25)27)22-18(5)11-15(2)12-19(22)6/h9-12H,13H2,1-8H3. The summed E-state index contributed by atoms with van der Waals surface area (Å²) in [6.07, 6.45) is 0. The number of carbonyl (C=O) groups is 1. The van der Waals surface area contributed by atoms with Crippen LogP contribution in [-0.2, 0) is 9.53 Å². The Hall–Kier alpha value is -2.75. The average molecular weight is 379 g/mol. The molecule has 3 rings (SSSR count). The Morgan fingerprint density at radius 1 is 0.714 bits per heavy atom. The number of amides is 1. The second-order valence-electron chi connectivity index (χ2n) is 7.93. The first-order valence-corrected chi connectivity index (χ1v) is 9.65. The summed E-state index contributed by atoms with van der Waals surface area (Å²) >= 11 is 0. The minimum Gasteiger partial charge on any atom is -0.482 e. The second-order valence-corrected chi connectivity index (χ2v) is 7.93. The van der Waals surface area contributed by atoms with Gasteiger partial charge in [0.05, 0.1) is 24.1 Å². The number of hydrogen-bond donors (Lipinski definition) is 0. The zero-order valence-corrected chi connectivity index (χ0v) is 18.2. The molecule has 1 heterocycles. The van der Waals surface area contributed by atoms with Crippen LogP contribution in [0.25, 0.3) is 0 Å². The fourth-order valence-corrected chi connectivity index (χ4v) is 4.57. The minimum atomic E-state index is -0.00873. The lowest BCUT2D eigenvalue weighted by Crippen LogP contribution is -2.48. The van der Waals surface area contributed by atoms with Gasteiger partial charge in [-0.15, -0.1) is 0 Å². The first kappa shape index (κ1) is 20.0. The van der Waals surface area contributed by atoms with Crippen molar-refractivity contribution in [2.24, 2.45) is 0 Å². The fraction of sp³-hybridized carbons (Fsp3) is 0.375. The highest BCUT2D eigenvalue weighted by Crippen LogP contribution is 2.36. The Bertz CT molecular complexity index is 942. The highest BCUT2D eigenvalue weighted by molar-refractivity contribution is 6.08. The highest BCUT2D eigenvalue weighted by atomic mass is 16.5. The quantitative estimate of drug-likeness (QED) is 0.733. The number of methoxy groups -OCH3 is 1. The third kappa shape index (κ3) is 3.28. The van der Waals surface area contributed by atoms with Gasteiger partial charge in [-0.1, -0.05) is 35.4 Å². The molecule has 0 spiro atoms. The molecule has 0 bridgehead atoms. The number of rotatable bonds is 3. The van der Waals surface area contributed by atoms with Crippen molar-refractivity contribution >= 4 is 17.3 Å². The van der Waals surface area contributed by atoms with Crippen LogP contribution in [0.3, 0.4) is 0 Å². The largest absolute Gasteiger partial charge is 0.482 e. The van der Waals surface area contributed by atoms with Crippen molar-refractivity contribution in [3.63, 3.8) is 0 Å². The third-order valence-electron chi connectivity index (χ3n) is 5.42. The normalized spacial score (nSPS) is 14.8. The van der Waals surface area contributed by atoms with Gasteiger partial charge in [-0.3, -0.25) is 14.6 Å². The lowest BCUT2D eigenvalue weighted by Gasteiger charge is -2.40. The molecule has 0 N–H and O–H groups in total. The molecule has 0 atom stereocenters. The lowest BCUT2D eigenvalue weighted by atomic mass is 10.0. The average Bonchev–Trinajstić information content (AvgIpc) is 2.57. The topological polar surface area (TPSA) is 32.8 Å². The Balaban J connectivity index is 2.20. The van der Waals surface area contributed by atoms with Crippen LogP contribution in [0.2, 0.25) is 0 Å². The highest BCUT2D eigenvalue weighted by Gasteiger charge is 2.34. The van der Waals surface area contributed by atoms with E-state index in [1.165, 1.54) is 22.3 Å². The molecule has 4 heteroatoms. The first-order chi connectivity index (χ1) is 13.1. The summed E-state index contributed by atoms with van der Waals surface area (Å²) in [6, 6.07) is 8.61. The Morgan fingerprint density at radius 3 is 1.50 bits per heavy atom. The van der Waals surface area contributed by atoms with Crippen molar-refractivity contribution < 1.29 is 9.53 Å². The van der Waals surface area contributed by atoms with Crippen molar-refractivity contribution in [2.45, 2.75) is 48.5 Å². The maximum atomic E-state index is 13.2. The number of carbonyl (C=O) groups excluding carboxylic acids is 1. The number of nitrogens with zero attached hydrogens (tertiary/aromatic N) is 2. The molecule has 0 saturated carbocycles. The van der Waals surface area contributed by atoms with Crippen molar-refractivity contribution in [3.05, 3.63) is 69.1 Å². The van der Waals surface area contributed by atoms with Gasteiger partial charge in [0.1, 0.15) is 6.67 Å².